The standard InChI is InChI=1S/C14H22N2O.2ClH/c1-3-5-12-7-9-16(2)14(12)11-17-13-6-4-8-15-10-13;;/h4,6,8,10,12,14H,3,5,7,9,11H2,1-2H3;2*1H. The summed E-state index contributed by atoms with van der Waals surface area (Å²) in [7, 11) is 2.20. The third-order valence-electron chi connectivity index (χ3n) is 3.68. The van der Waals surface area contributed by atoms with Gasteiger partial charge in [0.2, 0.25) is 0 Å². The number of ether oxygens (including phenoxy) is 1. The maximum absolute atomic E-state index is 5.83. The molecule has 0 amide bonds. The van der Waals surface area contributed by atoms with Gasteiger partial charge in [0.25, 0.3) is 0 Å². The summed E-state index contributed by atoms with van der Waals surface area (Å²) in [6, 6.07) is 4.45. The smallest absolute Gasteiger partial charge is 0.137 e. The molecule has 2 atom stereocenters. The zero-order chi connectivity index (χ0) is 12.1. The van der Waals surface area contributed by atoms with E-state index in [-0.39, 0.29) is 24.8 Å². The van der Waals surface area contributed by atoms with E-state index in [2.05, 4.69) is 23.9 Å². The summed E-state index contributed by atoms with van der Waals surface area (Å²) in [5.41, 5.74) is 0. The van der Waals surface area contributed by atoms with Gasteiger partial charge in [-0.15, -0.1) is 24.8 Å². The second kappa shape index (κ2) is 9.40. The molecule has 2 unspecified atom stereocenters. The quantitative estimate of drug-likeness (QED) is 0.833. The van der Waals surface area contributed by atoms with Crippen molar-refractivity contribution < 1.29 is 4.74 Å². The van der Waals surface area contributed by atoms with Crippen LogP contribution in [0.3, 0.4) is 0 Å². The number of likely N-dealkylation sites (N-methyl/N-ethyl adjacent to an activating group) is 1. The minimum Gasteiger partial charge on any atom is -0.490 e. The highest BCUT2D eigenvalue weighted by Crippen LogP contribution is 2.27. The lowest BCUT2D eigenvalue weighted by Gasteiger charge is -2.24. The van der Waals surface area contributed by atoms with Crippen molar-refractivity contribution in [1.29, 1.82) is 0 Å². The van der Waals surface area contributed by atoms with Crippen LogP contribution < -0.4 is 4.74 Å². The van der Waals surface area contributed by atoms with E-state index in [1.165, 1.54) is 25.8 Å². The third-order valence-corrected chi connectivity index (χ3v) is 3.68. The number of hydrogen-bond donors (Lipinski definition) is 0. The van der Waals surface area contributed by atoms with Gasteiger partial charge in [0, 0.05) is 12.2 Å². The highest BCUT2D eigenvalue weighted by molar-refractivity contribution is 5.85. The normalized spacial score (nSPS) is 22.4. The lowest BCUT2D eigenvalue weighted by atomic mass is 9.96. The fourth-order valence-electron chi connectivity index (χ4n) is 2.67. The molecule has 110 valence electrons. The number of likely N-dealkylation sites (tertiary alicyclic amines) is 1. The van der Waals surface area contributed by atoms with Crippen LogP contribution in [0.5, 0.6) is 5.75 Å². The fraction of sp³-hybridized carbons (Fsp3) is 0.643. The van der Waals surface area contributed by atoms with E-state index in [0.29, 0.717) is 6.04 Å². The van der Waals surface area contributed by atoms with Crippen LogP contribution in [-0.2, 0) is 0 Å². The molecule has 0 aliphatic carbocycles. The molecule has 1 aromatic rings. The molecule has 0 N–H and O–H groups in total. The van der Waals surface area contributed by atoms with Crippen molar-refractivity contribution in [2.45, 2.75) is 32.2 Å². The van der Waals surface area contributed by atoms with E-state index < -0.39 is 0 Å². The number of rotatable bonds is 5. The first-order valence-electron chi connectivity index (χ1n) is 6.54. The van der Waals surface area contributed by atoms with Crippen molar-refractivity contribution >= 4 is 24.8 Å². The summed E-state index contributed by atoms with van der Waals surface area (Å²) in [5.74, 6) is 1.67. The second-order valence-electron chi connectivity index (χ2n) is 4.89. The van der Waals surface area contributed by atoms with Gasteiger partial charge >= 0.3 is 0 Å². The predicted octanol–water partition coefficient (Wildman–Crippen LogP) is 3.42. The van der Waals surface area contributed by atoms with E-state index >= 15 is 0 Å². The first kappa shape index (κ1) is 18.5. The summed E-state index contributed by atoms with van der Waals surface area (Å²) in [6.07, 6.45) is 7.44. The van der Waals surface area contributed by atoms with Gasteiger partial charge in [-0.2, -0.15) is 0 Å². The van der Waals surface area contributed by atoms with Crippen LogP contribution >= 0.6 is 24.8 Å². The Balaban J connectivity index is 0.00000162. The molecule has 0 bridgehead atoms. The molecule has 0 spiro atoms. The highest BCUT2D eigenvalue weighted by atomic mass is 35.5. The number of hydrogen-bond acceptors (Lipinski definition) is 3. The first-order valence-corrected chi connectivity index (χ1v) is 6.54. The molecule has 1 aliphatic rings. The van der Waals surface area contributed by atoms with Crippen LogP contribution in [0, 0.1) is 5.92 Å². The monoisotopic (exact) mass is 306 g/mol. The Morgan fingerprint density at radius 1 is 1.42 bits per heavy atom. The van der Waals surface area contributed by atoms with Crippen molar-refractivity contribution in [3.8, 4) is 5.75 Å². The van der Waals surface area contributed by atoms with Crippen LogP contribution in [0.1, 0.15) is 26.2 Å². The molecule has 1 aromatic heterocycles. The number of halogens is 2. The Hall–Kier alpha value is -0.510. The van der Waals surface area contributed by atoms with Crippen LogP contribution in [-0.4, -0.2) is 36.1 Å². The molecular weight excluding hydrogens is 283 g/mol. The van der Waals surface area contributed by atoms with Gasteiger partial charge in [0.15, 0.2) is 0 Å². The van der Waals surface area contributed by atoms with Gasteiger partial charge in [0.1, 0.15) is 12.4 Å². The Bertz CT molecular complexity index is 335. The third kappa shape index (κ3) is 5.17. The van der Waals surface area contributed by atoms with Crippen molar-refractivity contribution in [3.63, 3.8) is 0 Å². The van der Waals surface area contributed by atoms with Crippen LogP contribution in [0.4, 0.5) is 0 Å². The van der Waals surface area contributed by atoms with Gasteiger partial charge in [0.05, 0.1) is 6.20 Å². The van der Waals surface area contributed by atoms with Gasteiger partial charge in [-0.05, 0) is 44.5 Å². The van der Waals surface area contributed by atoms with E-state index in [1.807, 2.05) is 12.1 Å². The number of pyridine rings is 1. The van der Waals surface area contributed by atoms with Crippen molar-refractivity contribution in [2.75, 3.05) is 20.2 Å². The lowest BCUT2D eigenvalue weighted by molar-refractivity contribution is 0.166. The zero-order valence-electron chi connectivity index (χ0n) is 11.6. The molecule has 19 heavy (non-hydrogen) atoms. The zero-order valence-corrected chi connectivity index (χ0v) is 13.3. The maximum atomic E-state index is 5.83. The van der Waals surface area contributed by atoms with Crippen molar-refractivity contribution in [2.24, 2.45) is 5.92 Å². The molecule has 3 nitrogen and oxygen atoms in total. The molecule has 2 heterocycles. The molecule has 1 aliphatic heterocycles. The largest absolute Gasteiger partial charge is 0.490 e. The molecular formula is C14H24Cl2N2O. The first-order chi connectivity index (χ1) is 8.31. The SMILES string of the molecule is CCCC1CCN(C)C1COc1cccnc1.Cl.Cl. The van der Waals surface area contributed by atoms with Crippen LogP contribution in [0.15, 0.2) is 24.5 Å². The average molecular weight is 307 g/mol. The van der Waals surface area contributed by atoms with E-state index in [0.717, 1.165) is 18.3 Å². The van der Waals surface area contributed by atoms with Crippen molar-refractivity contribution in [3.05, 3.63) is 24.5 Å². The average Bonchev–Trinajstić information content (AvgIpc) is 2.70. The Morgan fingerprint density at radius 2 is 2.21 bits per heavy atom. The van der Waals surface area contributed by atoms with Gasteiger partial charge in [-0.25, -0.2) is 0 Å². The second-order valence-corrected chi connectivity index (χ2v) is 4.89. The minimum absolute atomic E-state index is 0. The summed E-state index contributed by atoms with van der Waals surface area (Å²) in [5, 5.41) is 0. The molecule has 1 fully saturated rings. The van der Waals surface area contributed by atoms with Gasteiger partial charge in [-0.1, -0.05) is 13.3 Å². The van der Waals surface area contributed by atoms with Crippen molar-refractivity contribution in [1.82, 2.24) is 9.88 Å². The summed E-state index contributed by atoms with van der Waals surface area (Å²) >= 11 is 0. The fourth-order valence-corrected chi connectivity index (χ4v) is 2.67. The Kier molecular flexibility index (Phi) is 9.15. The van der Waals surface area contributed by atoms with E-state index in [9.17, 15) is 0 Å². The number of nitrogens with zero attached hydrogens (tertiary/aromatic N) is 2. The Labute approximate surface area is 128 Å². The van der Waals surface area contributed by atoms with E-state index in [4.69, 9.17) is 4.74 Å². The molecule has 0 radical (unpaired) electrons. The number of aromatic nitrogens is 1. The molecule has 1 saturated heterocycles. The van der Waals surface area contributed by atoms with Gasteiger partial charge in [-0.3, -0.25) is 9.88 Å². The molecule has 2 rings (SSSR count). The maximum Gasteiger partial charge on any atom is 0.137 e. The van der Waals surface area contributed by atoms with Crippen LogP contribution in [0.2, 0.25) is 0 Å². The molecule has 5 heteroatoms. The summed E-state index contributed by atoms with van der Waals surface area (Å²) in [6.45, 7) is 4.25. The van der Waals surface area contributed by atoms with Crippen LogP contribution in [0.25, 0.3) is 0 Å². The lowest BCUT2D eigenvalue weighted by Crippen LogP contribution is -2.35. The Morgan fingerprint density at radius 3 is 2.84 bits per heavy atom. The summed E-state index contributed by atoms with van der Waals surface area (Å²) < 4.78 is 5.83. The molecule has 0 saturated carbocycles. The minimum atomic E-state index is 0. The predicted molar refractivity (Wildman–Crippen MR) is 83.7 cm³/mol. The molecule has 0 aromatic carbocycles. The highest BCUT2D eigenvalue weighted by Gasteiger charge is 2.31. The topological polar surface area (TPSA) is 25.4 Å². The summed E-state index contributed by atoms with van der Waals surface area (Å²) in [4.78, 5) is 6.49. The van der Waals surface area contributed by atoms with Gasteiger partial charge < -0.3 is 4.74 Å². The van der Waals surface area contributed by atoms with E-state index in [1.54, 1.807) is 12.4 Å².